The molecule has 1 atom stereocenters. The predicted molar refractivity (Wildman–Crippen MR) is 112 cm³/mol. The summed E-state index contributed by atoms with van der Waals surface area (Å²) < 4.78 is 0. The Morgan fingerprint density at radius 1 is 0.633 bits per heavy atom. The first kappa shape index (κ1) is 26.3. The molecule has 1 aliphatic rings. The fraction of sp³-hybridized carbons (Fsp3) is 0.778. The lowest BCUT2D eigenvalue weighted by molar-refractivity contribution is -0.140. The van der Waals surface area contributed by atoms with E-state index in [2.05, 4.69) is 12.6 Å². The van der Waals surface area contributed by atoms with Crippen LogP contribution >= 0.6 is 12.6 Å². The summed E-state index contributed by atoms with van der Waals surface area (Å²) in [5, 5.41) is 27.1. The largest absolute Gasteiger partial charge is 0.480 e. The lowest BCUT2D eigenvalue weighted by atomic mass is 10.2. The number of carboxylic acids is 3. The van der Waals surface area contributed by atoms with E-state index >= 15 is 0 Å². The molecule has 11 nitrogen and oxygen atoms in total. The van der Waals surface area contributed by atoms with Crippen molar-refractivity contribution in [2.45, 2.75) is 12.2 Å². The quantitative estimate of drug-likeness (QED) is 0.301. The number of nitrogens with zero attached hydrogens (tertiary/aromatic N) is 4. The Kier molecular flexibility index (Phi) is 11.9. The monoisotopic (exact) mass is 448 g/mol. The third-order valence-corrected chi connectivity index (χ3v) is 5.14. The number of rotatable bonds is 9. The SMILES string of the molecule is CC(S)C(=O)CN1CCN(CC(=O)O)CCN(CC(=O)O)CCN(CC(=O)O)CC1. The van der Waals surface area contributed by atoms with E-state index in [0.29, 0.717) is 52.4 Å². The second kappa shape index (κ2) is 13.5. The normalized spacial score (nSPS) is 20.1. The van der Waals surface area contributed by atoms with Crippen LogP contribution in [0, 0.1) is 0 Å². The molecule has 0 aromatic rings. The van der Waals surface area contributed by atoms with Crippen LogP contribution in [0.1, 0.15) is 6.92 Å². The zero-order chi connectivity index (χ0) is 22.7. The van der Waals surface area contributed by atoms with Crippen LogP contribution in [0.5, 0.6) is 0 Å². The Labute approximate surface area is 181 Å². The molecule has 0 aromatic carbocycles. The van der Waals surface area contributed by atoms with E-state index in [9.17, 15) is 29.4 Å². The Hall–Kier alpha value is -1.73. The van der Waals surface area contributed by atoms with E-state index in [4.69, 9.17) is 5.11 Å². The third kappa shape index (κ3) is 11.5. The van der Waals surface area contributed by atoms with Crippen LogP contribution in [-0.4, -0.2) is 142 Å². The molecule has 1 fully saturated rings. The van der Waals surface area contributed by atoms with Gasteiger partial charge in [-0.2, -0.15) is 12.6 Å². The summed E-state index contributed by atoms with van der Waals surface area (Å²) in [6, 6.07) is 0. The molecule has 1 saturated heterocycles. The molecule has 3 N–H and O–H groups in total. The zero-order valence-corrected chi connectivity index (χ0v) is 18.2. The van der Waals surface area contributed by atoms with Crippen LogP contribution in [0.2, 0.25) is 0 Å². The van der Waals surface area contributed by atoms with Gasteiger partial charge in [0.05, 0.1) is 31.4 Å². The van der Waals surface area contributed by atoms with Gasteiger partial charge in [0, 0.05) is 52.4 Å². The minimum Gasteiger partial charge on any atom is -0.480 e. The Morgan fingerprint density at radius 2 is 0.867 bits per heavy atom. The van der Waals surface area contributed by atoms with Gasteiger partial charge in [0.1, 0.15) is 0 Å². The molecule has 0 saturated carbocycles. The second-order valence-corrected chi connectivity index (χ2v) is 8.20. The topological polar surface area (TPSA) is 142 Å². The molecule has 0 aliphatic carbocycles. The molecule has 1 unspecified atom stereocenters. The van der Waals surface area contributed by atoms with Crippen LogP contribution in [0.4, 0.5) is 0 Å². The van der Waals surface area contributed by atoms with Gasteiger partial charge in [0.15, 0.2) is 5.78 Å². The highest BCUT2D eigenvalue weighted by Crippen LogP contribution is 2.03. The number of carboxylic acid groups (broad SMARTS) is 3. The van der Waals surface area contributed by atoms with Gasteiger partial charge in [0.25, 0.3) is 0 Å². The highest BCUT2D eigenvalue weighted by Gasteiger charge is 2.21. The van der Waals surface area contributed by atoms with Gasteiger partial charge >= 0.3 is 17.9 Å². The molecule has 0 aromatic heterocycles. The van der Waals surface area contributed by atoms with Crippen LogP contribution in [0.25, 0.3) is 0 Å². The molecule has 0 spiro atoms. The summed E-state index contributed by atoms with van der Waals surface area (Å²) in [4.78, 5) is 52.7. The summed E-state index contributed by atoms with van der Waals surface area (Å²) in [6.45, 7) is 4.28. The van der Waals surface area contributed by atoms with Crippen molar-refractivity contribution in [3.8, 4) is 0 Å². The lowest BCUT2D eigenvalue weighted by Gasteiger charge is -2.33. The van der Waals surface area contributed by atoms with E-state index in [0.717, 1.165) is 0 Å². The Bertz CT molecular complexity index is 573. The van der Waals surface area contributed by atoms with E-state index in [1.807, 2.05) is 4.90 Å². The summed E-state index contributed by atoms with van der Waals surface area (Å²) in [6.07, 6.45) is 0. The average Bonchev–Trinajstić information content (AvgIpc) is 2.62. The summed E-state index contributed by atoms with van der Waals surface area (Å²) in [7, 11) is 0. The standard InChI is InChI=1S/C18H32N4O7S/c1-14(30)15(23)10-19-2-4-20(11-16(24)25)6-8-22(13-18(28)29)9-7-21(5-3-19)12-17(26)27/h14,30H,2-13H2,1H3,(H,24,25)(H,26,27)(H,28,29). The predicted octanol–water partition coefficient (Wildman–Crippen LogP) is -1.65. The number of carbonyl (C=O) groups is 4. The zero-order valence-electron chi connectivity index (χ0n) is 17.3. The van der Waals surface area contributed by atoms with Crippen LogP contribution in [-0.2, 0) is 19.2 Å². The van der Waals surface area contributed by atoms with Crippen LogP contribution < -0.4 is 0 Å². The molecule has 1 aliphatic heterocycles. The lowest BCUT2D eigenvalue weighted by Crippen LogP contribution is -2.49. The summed E-state index contributed by atoms with van der Waals surface area (Å²) >= 11 is 4.17. The first-order valence-corrected chi connectivity index (χ1v) is 10.3. The Balaban J connectivity index is 2.95. The average molecular weight is 449 g/mol. The van der Waals surface area contributed by atoms with Gasteiger partial charge in [-0.15, -0.1) is 0 Å². The molecule has 0 radical (unpaired) electrons. The number of ketones is 1. The minimum absolute atomic E-state index is 0.0624. The van der Waals surface area contributed by atoms with Gasteiger partial charge in [-0.05, 0) is 6.92 Å². The highest BCUT2D eigenvalue weighted by molar-refractivity contribution is 7.81. The van der Waals surface area contributed by atoms with Crippen molar-refractivity contribution in [3.63, 3.8) is 0 Å². The van der Waals surface area contributed by atoms with Gasteiger partial charge in [-0.25, -0.2) is 0 Å². The highest BCUT2D eigenvalue weighted by atomic mass is 32.1. The van der Waals surface area contributed by atoms with E-state index in [-0.39, 0.29) is 32.0 Å². The van der Waals surface area contributed by atoms with Gasteiger partial charge in [-0.3, -0.25) is 38.8 Å². The van der Waals surface area contributed by atoms with Crippen molar-refractivity contribution in [2.24, 2.45) is 0 Å². The van der Waals surface area contributed by atoms with E-state index in [1.54, 1.807) is 21.6 Å². The van der Waals surface area contributed by atoms with Gasteiger partial charge in [-0.1, -0.05) is 0 Å². The number of Topliss-reactive ketones (excluding diaryl/α,β-unsaturated/α-hetero) is 1. The van der Waals surface area contributed by atoms with Crippen LogP contribution in [0.3, 0.4) is 0 Å². The number of aliphatic carboxylic acids is 3. The van der Waals surface area contributed by atoms with Crippen molar-refractivity contribution in [1.29, 1.82) is 0 Å². The maximum Gasteiger partial charge on any atom is 0.317 e. The first-order valence-electron chi connectivity index (χ1n) is 9.82. The second-order valence-electron chi connectivity index (χ2n) is 7.43. The van der Waals surface area contributed by atoms with Crippen molar-refractivity contribution in [3.05, 3.63) is 0 Å². The summed E-state index contributed by atoms with van der Waals surface area (Å²) in [5.74, 6) is -3.02. The molecule has 172 valence electrons. The minimum atomic E-state index is -0.998. The van der Waals surface area contributed by atoms with Crippen molar-refractivity contribution >= 4 is 36.3 Å². The third-order valence-electron chi connectivity index (χ3n) is 4.85. The van der Waals surface area contributed by atoms with E-state index < -0.39 is 23.2 Å². The smallest absolute Gasteiger partial charge is 0.317 e. The van der Waals surface area contributed by atoms with Crippen molar-refractivity contribution < 1.29 is 34.5 Å². The molecule has 1 rings (SSSR count). The van der Waals surface area contributed by atoms with Gasteiger partial charge < -0.3 is 15.3 Å². The molecule has 0 bridgehead atoms. The molecular weight excluding hydrogens is 416 g/mol. The molecular formula is C18H32N4O7S. The van der Waals surface area contributed by atoms with Crippen molar-refractivity contribution in [2.75, 3.05) is 78.5 Å². The maximum absolute atomic E-state index is 12.2. The maximum atomic E-state index is 12.2. The molecule has 1 heterocycles. The molecule has 12 heteroatoms. The molecule has 0 amide bonds. The van der Waals surface area contributed by atoms with Crippen molar-refractivity contribution in [1.82, 2.24) is 19.6 Å². The van der Waals surface area contributed by atoms with Gasteiger partial charge in [0.2, 0.25) is 0 Å². The molecule has 30 heavy (non-hydrogen) atoms. The number of hydrogen-bond donors (Lipinski definition) is 4. The Morgan fingerprint density at radius 3 is 1.07 bits per heavy atom. The fourth-order valence-corrected chi connectivity index (χ4v) is 3.22. The number of hydrogen-bond acceptors (Lipinski definition) is 9. The summed E-state index contributed by atoms with van der Waals surface area (Å²) in [5.41, 5.74) is 0. The van der Waals surface area contributed by atoms with E-state index in [1.165, 1.54) is 0 Å². The fourth-order valence-electron chi connectivity index (χ4n) is 3.14. The number of carbonyl (C=O) groups excluding carboxylic acids is 1. The number of thiol groups is 1. The first-order chi connectivity index (χ1) is 14.1. The van der Waals surface area contributed by atoms with Crippen LogP contribution in [0.15, 0.2) is 0 Å².